The van der Waals surface area contributed by atoms with E-state index in [0.29, 0.717) is 5.92 Å². The van der Waals surface area contributed by atoms with Crippen LogP contribution in [0.3, 0.4) is 0 Å². The maximum absolute atomic E-state index is 4.28. The highest BCUT2D eigenvalue weighted by atomic mass is 15.1. The Kier molecular flexibility index (Phi) is 5.73. The maximum atomic E-state index is 4.28. The van der Waals surface area contributed by atoms with Crippen molar-refractivity contribution < 1.29 is 0 Å². The number of nitrogens with zero attached hydrogens (tertiary/aromatic N) is 2. The summed E-state index contributed by atoms with van der Waals surface area (Å²) in [5.74, 6) is 2.59. The number of rotatable bonds is 7. The molecule has 4 nitrogen and oxygen atoms in total. The summed E-state index contributed by atoms with van der Waals surface area (Å²) in [5.41, 5.74) is 1.10. The zero-order chi connectivity index (χ0) is 12.7. The van der Waals surface area contributed by atoms with Gasteiger partial charge >= 0.3 is 0 Å². The van der Waals surface area contributed by atoms with Gasteiger partial charge in [0.15, 0.2) is 0 Å². The molecule has 0 aliphatic carbocycles. The van der Waals surface area contributed by atoms with Gasteiger partial charge in [-0.15, -0.1) is 0 Å². The lowest BCUT2D eigenvalue weighted by atomic mass is 10.1. The molecule has 17 heavy (non-hydrogen) atoms. The fourth-order valence-corrected chi connectivity index (χ4v) is 1.53. The summed E-state index contributed by atoms with van der Waals surface area (Å²) in [5, 5.41) is 6.68. The Balaban J connectivity index is 2.59. The molecule has 1 aromatic heterocycles. The second kappa shape index (κ2) is 7.09. The van der Waals surface area contributed by atoms with E-state index >= 15 is 0 Å². The van der Waals surface area contributed by atoms with E-state index in [4.69, 9.17) is 0 Å². The van der Waals surface area contributed by atoms with Crippen LogP contribution < -0.4 is 10.6 Å². The molecule has 0 saturated carbocycles. The zero-order valence-electron chi connectivity index (χ0n) is 11.4. The van der Waals surface area contributed by atoms with Gasteiger partial charge in [0.2, 0.25) is 0 Å². The first kappa shape index (κ1) is 13.7. The van der Waals surface area contributed by atoms with Crippen LogP contribution in [0.2, 0.25) is 0 Å². The van der Waals surface area contributed by atoms with Gasteiger partial charge in [0, 0.05) is 18.7 Å². The minimum Gasteiger partial charge on any atom is -0.370 e. The highest BCUT2D eigenvalue weighted by Gasteiger charge is 2.05. The van der Waals surface area contributed by atoms with Gasteiger partial charge in [-0.05, 0) is 25.7 Å². The van der Waals surface area contributed by atoms with Crippen molar-refractivity contribution in [2.45, 2.75) is 40.5 Å². The Morgan fingerprint density at radius 1 is 1.12 bits per heavy atom. The van der Waals surface area contributed by atoms with E-state index < -0.39 is 0 Å². The lowest BCUT2D eigenvalue weighted by molar-refractivity contribution is 0.606. The SMILES string of the molecule is CCCNc1ncnc(NCCC(C)C)c1C. The molecular weight excluding hydrogens is 212 g/mol. The molecule has 0 amide bonds. The van der Waals surface area contributed by atoms with Crippen molar-refractivity contribution in [1.82, 2.24) is 9.97 Å². The monoisotopic (exact) mass is 236 g/mol. The van der Waals surface area contributed by atoms with Gasteiger partial charge in [0.1, 0.15) is 18.0 Å². The Hall–Kier alpha value is -1.32. The van der Waals surface area contributed by atoms with Crippen LogP contribution in [0.4, 0.5) is 11.6 Å². The number of hydrogen-bond acceptors (Lipinski definition) is 4. The van der Waals surface area contributed by atoms with Crippen LogP contribution >= 0.6 is 0 Å². The second-order valence-electron chi connectivity index (χ2n) is 4.73. The van der Waals surface area contributed by atoms with Gasteiger partial charge in [0.05, 0.1) is 0 Å². The molecule has 0 bridgehead atoms. The molecule has 96 valence electrons. The fourth-order valence-electron chi connectivity index (χ4n) is 1.53. The molecule has 1 aromatic rings. The third kappa shape index (κ3) is 4.59. The third-order valence-corrected chi connectivity index (χ3v) is 2.64. The number of aromatic nitrogens is 2. The second-order valence-corrected chi connectivity index (χ2v) is 4.73. The van der Waals surface area contributed by atoms with Gasteiger partial charge in [0.25, 0.3) is 0 Å². The lowest BCUT2D eigenvalue weighted by Gasteiger charge is -2.13. The minimum absolute atomic E-state index is 0.710. The molecule has 4 heteroatoms. The van der Waals surface area contributed by atoms with Crippen LogP contribution in [0.5, 0.6) is 0 Å². The molecule has 0 aromatic carbocycles. The van der Waals surface area contributed by atoms with Gasteiger partial charge in [-0.3, -0.25) is 0 Å². The van der Waals surface area contributed by atoms with Crippen LogP contribution in [0.25, 0.3) is 0 Å². The predicted octanol–water partition coefficient (Wildman–Crippen LogP) is 3.06. The topological polar surface area (TPSA) is 49.8 Å². The van der Waals surface area contributed by atoms with E-state index in [9.17, 15) is 0 Å². The molecule has 0 fully saturated rings. The summed E-state index contributed by atoms with van der Waals surface area (Å²) in [6.07, 6.45) is 3.86. The molecule has 0 radical (unpaired) electrons. The molecule has 1 heterocycles. The highest BCUT2D eigenvalue weighted by Crippen LogP contribution is 2.18. The molecule has 0 aliphatic heterocycles. The largest absolute Gasteiger partial charge is 0.370 e. The first-order valence-corrected chi connectivity index (χ1v) is 6.44. The molecular formula is C13H24N4. The Bertz CT molecular complexity index is 336. The Morgan fingerprint density at radius 2 is 1.71 bits per heavy atom. The van der Waals surface area contributed by atoms with Crippen molar-refractivity contribution in [3.8, 4) is 0 Å². The van der Waals surface area contributed by atoms with Gasteiger partial charge in [-0.1, -0.05) is 20.8 Å². The van der Waals surface area contributed by atoms with E-state index in [1.165, 1.54) is 0 Å². The lowest BCUT2D eigenvalue weighted by Crippen LogP contribution is -2.10. The van der Waals surface area contributed by atoms with E-state index in [1.807, 2.05) is 0 Å². The first-order valence-electron chi connectivity index (χ1n) is 6.44. The minimum atomic E-state index is 0.710. The fraction of sp³-hybridized carbons (Fsp3) is 0.692. The smallest absolute Gasteiger partial charge is 0.134 e. The molecule has 1 rings (SSSR count). The Morgan fingerprint density at radius 3 is 2.24 bits per heavy atom. The summed E-state index contributed by atoms with van der Waals surface area (Å²) in [4.78, 5) is 8.54. The molecule has 0 saturated heterocycles. The summed E-state index contributed by atoms with van der Waals surface area (Å²) in [7, 11) is 0. The van der Waals surface area contributed by atoms with Crippen LogP contribution in [0.1, 0.15) is 39.2 Å². The molecule has 0 aliphatic rings. The van der Waals surface area contributed by atoms with Gasteiger partial charge < -0.3 is 10.6 Å². The highest BCUT2D eigenvalue weighted by molar-refractivity contribution is 5.56. The van der Waals surface area contributed by atoms with Crippen molar-refractivity contribution in [2.75, 3.05) is 23.7 Å². The zero-order valence-corrected chi connectivity index (χ0v) is 11.4. The third-order valence-electron chi connectivity index (χ3n) is 2.64. The van der Waals surface area contributed by atoms with Crippen molar-refractivity contribution in [1.29, 1.82) is 0 Å². The number of anilines is 2. The summed E-state index contributed by atoms with van der Waals surface area (Å²) >= 11 is 0. The van der Waals surface area contributed by atoms with E-state index in [-0.39, 0.29) is 0 Å². The van der Waals surface area contributed by atoms with E-state index in [0.717, 1.165) is 43.1 Å². The maximum Gasteiger partial charge on any atom is 0.134 e. The summed E-state index contributed by atoms with van der Waals surface area (Å²) < 4.78 is 0. The number of hydrogen-bond donors (Lipinski definition) is 2. The summed E-state index contributed by atoms with van der Waals surface area (Å²) in [6, 6.07) is 0. The summed E-state index contributed by atoms with van der Waals surface area (Å²) in [6.45, 7) is 10.6. The van der Waals surface area contributed by atoms with Crippen molar-refractivity contribution in [3.63, 3.8) is 0 Å². The van der Waals surface area contributed by atoms with Crippen LogP contribution in [0.15, 0.2) is 6.33 Å². The van der Waals surface area contributed by atoms with Crippen molar-refractivity contribution >= 4 is 11.6 Å². The normalized spacial score (nSPS) is 10.6. The van der Waals surface area contributed by atoms with Crippen molar-refractivity contribution in [2.24, 2.45) is 5.92 Å². The standard InChI is InChI=1S/C13H24N4/c1-5-7-14-12-11(4)13(17-9-16-12)15-8-6-10(2)3/h9-10H,5-8H2,1-4H3,(H2,14,15,16,17). The molecule has 2 N–H and O–H groups in total. The number of nitrogens with one attached hydrogen (secondary N) is 2. The first-order chi connectivity index (χ1) is 8.15. The average Bonchev–Trinajstić information content (AvgIpc) is 2.29. The van der Waals surface area contributed by atoms with E-state index in [2.05, 4.69) is 48.3 Å². The molecule has 0 spiro atoms. The molecule has 0 unspecified atom stereocenters. The average molecular weight is 236 g/mol. The van der Waals surface area contributed by atoms with E-state index in [1.54, 1.807) is 6.33 Å². The van der Waals surface area contributed by atoms with Crippen LogP contribution in [0, 0.1) is 12.8 Å². The Labute approximate surface area is 104 Å². The quantitative estimate of drug-likeness (QED) is 0.764. The van der Waals surface area contributed by atoms with Crippen LogP contribution in [-0.4, -0.2) is 23.1 Å². The van der Waals surface area contributed by atoms with Crippen LogP contribution in [-0.2, 0) is 0 Å². The van der Waals surface area contributed by atoms with Gasteiger partial charge in [-0.2, -0.15) is 0 Å². The predicted molar refractivity (Wildman–Crippen MR) is 73.5 cm³/mol. The van der Waals surface area contributed by atoms with Crippen molar-refractivity contribution in [3.05, 3.63) is 11.9 Å². The molecule has 0 atom stereocenters. The van der Waals surface area contributed by atoms with Gasteiger partial charge in [-0.25, -0.2) is 9.97 Å².